The van der Waals surface area contributed by atoms with Crippen molar-refractivity contribution in [2.45, 2.75) is 13.0 Å². The van der Waals surface area contributed by atoms with E-state index in [-0.39, 0.29) is 11.1 Å². The highest BCUT2D eigenvalue weighted by Gasteiger charge is 2.11. The number of benzene rings is 2. The van der Waals surface area contributed by atoms with Crippen molar-refractivity contribution >= 4 is 27.5 Å². The second-order valence-electron chi connectivity index (χ2n) is 4.13. The largest absolute Gasteiger partial charge is 0.324 e. The summed E-state index contributed by atoms with van der Waals surface area (Å²) in [5.74, 6) is -0.417. The minimum Gasteiger partial charge on any atom is -0.324 e. The Labute approximate surface area is 119 Å². The smallest absolute Gasteiger partial charge is 0.150 e. The van der Waals surface area contributed by atoms with E-state index in [0.717, 1.165) is 11.1 Å². The molecule has 0 fully saturated rings. The van der Waals surface area contributed by atoms with Crippen LogP contribution in [0.15, 0.2) is 40.9 Å². The van der Waals surface area contributed by atoms with Gasteiger partial charge in [0.2, 0.25) is 0 Å². The first-order chi connectivity index (χ1) is 8.50. The third-order valence-corrected chi connectivity index (χ3v) is 4.04. The molecule has 0 aromatic heterocycles. The summed E-state index contributed by atoms with van der Waals surface area (Å²) in [6, 6.07) is 10.9. The van der Waals surface area contributed by atoms with Crippen molar-refractivity contribution < 1.29 is 4.39 Å². The Morgan fingerprint density at radius 3 is 2.33 bits per heavy atom. The molecule has 2 aromatic rings. The first-order valence-corrected chi connectivity index (χ1v) is 6.67. The molecule has 0 radical (unpaired) electrons. The maximum atomic E-state index is 14.0. The van der Waals surface area contributed by atoms with Crippen LogP contribution in [-0.4, -0.2) is 0 Å². The third-order valence-electron chi connectivity index (χ3n) is 2.78. The van der Waals surface area contributed by atoms with E-state index in [2.05, 4.69) is 15.9 Å². The molecule has 1 unspecified atom stereocenters. The molecule has 0 aliphatic carbocycles. The van der Waals surface area contributed by atoms with Gasteiger partial charge in [0.1, 0.15) is 0 Å². The Bertz CT molecular complexity index is 567. The van der Waals surface area contributed by atoms with Gasteiger partial charge in [0.25, 0.3) is 0 Å². The van der Waals surface area contributed by atoms with Gasteiger partial charge >= 0.3 is 0 Å². The fraction of sp³-hybridized carbons (Fsp3) is 0.143. The van der Waals surface area contributed by atoms with Crippen molar-refractivity contribution in [3.8, 4) is 11.1 Å². The van der Waals surface area contributed by atoms with Crippen molar-refractivity contribution in [2.24, 2.45) is 5.73 Å². The van der Waals surface area contributed by atoms with Crippen LogP contribution < -0.4 is 5.73 Å². The molecule has 0 saturated heterocycles. The molecule has 18 heavy (non-hydrogen) atoms. The van der Waals surface area contributed by atoms with Gasteiger partial charge in [-0.25, -0.2) is 4.39 Å². The van der Waals surface area contributed by atoms with E-state index in [1.807, 2.05) is 31.2 Å². The quantitative estimate of drug-likeness (QED) is 0.777. The van der Waals surface area contributed by atoms with E-state index in [0.29, 0.717) is 10.0 Å². The van der Waals surface area contributed by atoms with E-state index in [4.69, 9.17) is 17.3 Å². The van der Waals surface area contributed by atoms with Gasteiger partial charge in [-0.2, -0.15) is 0 Å². The number of hydrogen-bond acceptors (Lipinski definition) is 1. The van der Waals surface area contributed by atoms with E-state index in [9.17, 15) is 4.39 Å². The maximum absolute atomic E-state index is 14.0. The van der Waals surface area contributed by atoms with Gasteiger partial charge in [-0.1, -0.05) is 41.9 Å². The SMILES string of the molecule is CC(N)c1ccc(-c2ccc(Br)c(Cl)c2F)cc1. The van der Waals surface area contributed by atoms with E-state index < -0.39 is 5.82 Å². The van der Waals surface area contributed by atoms with Gasteiger partial charge in [0, 0.05) is 16.1 Å². The minimum absolute atomic E-state index is 0.0302. The molecule has 2 rings (SSSR count). The molecule has 0 spiro atoms. The molecule has 0 saturated carbocycles. The Hall–Kier alpha value is -0.900. The van der Waals surface area contributed by atoms with Crippen LogP contribution in [0.5, 0.6) is 0 Å². The molecule has 2 N–H and O–H groups in total. The van der Waals surface area contributed by atoms with Crippen LogP contribution in [0, 0.1) is 5.82 Å². The molecule has 4 heteroatoms. The monoisotopic (exact) mass is 327 g/mol. The molecule has 0 bridgehead atoms. The second kappa shape index (κ2) is 5.39. The van der Waals surface area contributed by atoms with Crippen LogP contribution in [0.2, 0.25) is 5.02 Å². The zero-order valence-corrected chi connectivity index (χ0v) is 12.1. The van der Waals surface area contributed by atoms with Gasteiger partial charge in [-0.15, -0.1) is 0 Å². The molecular weight excluding hydrogens is 317 g/mol. The predicted octanol–water partition coefficient (Wildman–Crippen LogP) is 4.93. The van der Waals surface area contributed by atoms with Gasteiger partial charge in [0.15, 0.2) is 5.82 Å². The zero-order chi connectivity index (χ0) is 13.3. The van der Waals surface area contributed by atoms with Crippen molar-refractivity contribution in [3.63, 3.8) is 0 Å². The topological polar surface area (TPSA) is 26.0 Å². The first kappa shape index (κ1) is 13.5. The second-order valence-corrected chi connectivity index (χ2v) is 5.37. The van der Waals surface area contributed by atoms with Crippen LogP contribution in [0.4, 0.5) is 4.39 Å². The van der Waals surface area contributed by atoms with Crippen molar-refractivity contribution in [3.05, 3.63) is 57.3 Å². The van der Waals surface area contributed by atoms with Crippen molar-refractivity contribution in [2.75, 3.05) is 0 Å². The molecule has 0 aliphatic rings. The van der Waals surface area contributed by atoms with Gasteiger partial charge < -0.3 is 5.73 Å². The summed E-state index contributed by atoms with van der Waals surface area (Å²) in [7, 11) is 0. The molecule has 1 atom stereocenters. The summed E-state index contributed by atoms with van der Waals surface area (Å²) >= 11 is 9.07. The van der Waals surface area contributed by atoms with Crippen molar-refractivity contribution in [1.29, 1.82) is 0 Å². The Morgan fingerprint density at radius 1 is 1.17 bits per heavy atom. The van der Waals surface area contributed by atoms with Gasteiger partial charge in [-0.05, 0) is 40.0 Å². The van der Waals surface area contributed by atoms with Crippen LogP contribution in [0.25, 0.3) is 11.1 Å². The molecule has 0 aliphatic heterocycles. The van der Waals surface area contributed by atoms with E-state index >= 15 is 0 Å². The van der Waals surface area contributed by atoms with Gasteiger partial charge in [-0.3, -0.25) is 0 Å². The van der Waals surface area contributed by atoms with Crippen LogP contribution >= 0.6 is 27.5 Å². The third kappa shape index (κ3) is 2.58. The van der Waals surface area contributed by atoms with Crippen LogP contribution in [0.3, 0.4) is 0 Å². The van der Waals surface area contributed by atoms with E-state index in [1.54, 1.807) is 12.1 Å². The van der Waals surface area contributed by atoms with E-state index in [1.165, 1.54) is 0 Å². The fourth-order valence-corrected chi connectivity index (χ4v) is 2.19. The first-order valence-electron chi connectivity index (χ1n) is 5.50. The lowest BCUT2D eigenvalue weighted by atomic mass is 10.0. The standard InChI is InChI=1S/C14H12BrClFN/c1-8(18)9-2-4-10(5-3-9)11-6-7-12(15)13(16)14(11)17/h2-8H,18H2,1H3. The summed E-state index contributed by atoms with van der Waals surface area (Å²) < 4.78 is 14.6. The summed E-state index contributed by atoms with van der Waals surface area (Å²) in [6.45, 7) is 1.91. The lowest BCUT2D eigenvalue weighted by molar-refractivity contribution is 0.631. The molecule has 1 nitrogen and oxygen atoms in total. The fourth-order valence-electron chi connectivity index (χ4n) is 1.72. The lowest BCUT2D eigenvalue weighted by Gasteiger charge is -2.09. The molecule has 2 aromatic carbocycles. The molecule has 94 valence electrons. The number of halogens is 3. The Balaban J connectivity index is 2.46. The lowest BCUT2D eigenvalue weighted by Crippen LogP contribution is -2.04. The summed E-state index contributed by atoms with van der Waals surface area (Å²) in [5.41, 5.74) is 8.06. The zero-order valence-electron chi connectivity index (χ0n) is 9.75. The highest BCUT2D eigenvalue weighted by Crippen LogP contribution is 2.33. The summed E-state index contributed by atoms with van der Waals surface area (Å²) in [4.78, 5) is 0. The average molecular weight is 329 g/mol. The maximum Gasteiger partial charge on any atom is 0.150 e. The van der Waals surface area contributed by atoms with Crippen LogP contribution in [0.1, 0.15) is 18.5 Å². The molecule has 0 amide bonds. The molecular formula is C14H12BrClFN. The Kier molecular flexibility index (Phi) is 4.05. The summed E-state index contributed by atoms with van der Waals surface area (Å²) in [6.07, 6.45) is 0. The highest BCUT2D eigenvalue weighted by atomic mass is 79.9. The summed E-state index contributed by atoms with van der Waals surface area (Å²) in [5, 5.41) is 0.101. The number of nitrogens with two attached hydrogens (primary N) is 1. The average Bonchev–Trinajstić information content (AvgIpc) is 2.36. The Morgan fingerprint density at radius 2 is 1.78 bits per heavy atom. The predicted molar refractivity (Wildman–Crippen MR) is 77.1 cm³/mol. The number of hydrogen-bond donors (Lipinski definition) is 1. The normalized spacial score (nSPS) is 12.5. The molecule has 0 heterocycles. The minimum atomic E-state index is -0.417. The number of rotatable bonds is 2. The van der Waals surface area contributed by atoms with Crippen LogP contribution in [-0.2, 0) is 0 Å². The highest BCUT2D eigenvalue weighted by molar-refractivity contribution is 9.10. The van der Waals surface area contributed by atoms with Crippen molar-refractivity contribution in [1.82, 2.24) is 0 Å². The van der Waals surface area contributed by atoms with Gasteiger partial charge in [0.05, 0.1) is 5.02 Å².